The quantitative estimate of drug-likeness (QED) is 0.678. The highest BCUT2D eigenvalue weighted by molar-refractivity contribution is 9.10. The summed E-state index contributed by atoms with van der Waals surface area (Å²) in [5.41, 5.74) is 4.01. The number of nitrogens with zero attached hydrogens (tertiary/aromatic N) is 3. The number of hydrogen-bond donors (Lipinski definition) is 1. The highest BCUT2D eigenvalue weighted by atomic mass is 79.9. The van der Waals surface area contributed by atoms with Crippen LogP contribution in [0.25, 0.3) is 5.65 Å². The van der Waals surface area contributed by atoms with Crippen LogP contribution in [0.15, 0.2) is 34.9 Å². The average Bonchev–Trinajstić information content (AvgIpc) is 2.95. The van der Waals surface area contributed by atoms with E-state index in [1.54, 1.807) is 29.6 Å². The molecule has 1 aromatic carbocycles. The third kappa shape index (κ3) is 2.95. The van der Waals surface area contributed by atoms with Crippen LogP contribution in [0, 0.1) is 13.8 Å². The SMILES string of the molecule is Cc1nc2c(C)cc(Br)cn2c1C(=O)Nc1ccc2c(c1)N(C)C(=O)CO2. The van der Waals surface area contributed by atoms with Crippen molar-refractivity contribution in [2.75, 3.05) is 23.9 Å². The van der Waals surface area contributed by atoms with Crippen LogP contribution in [0.5, 0.6) is 5.75 Å². The Hall–Kier alpha value is -2.87. The minimum atomic E-state index is -0.275. The number of pyridine rings is 1. The maximum Gasteiger partial charge on any atom is 0.274 e. The van der Waals surface area contributed by atoms with E-state index in [1.807, 2.05) is 26.1 Å². The fraction of sp³-hybridized carbons (Fsp3) is 0.211. The van der Waals surface area contributed by atoms with Crippen molar-refractivity contribution < 1.29 is 14.3 Å². The van der Waals surface area contributed by atoms with Gasteiger partial charge in [0.25, 0.3) is 11.8 Å². The highest BCUT2D eigenvalue weighted by Gasteiger charge is 2.23. The first-order chi connectivity index (χ1) is 12.8. The molecular weight excluding hydrogens is 412 g/mol. The van der Waals surface area contributed by atoms with E-state index in [0.717, 1.165) is 15.7 Å². The molecule has 0 bridgehead atoms. The van der Waals surface area contributed by atoms with Gasteiger partial charge in [-0.3, -0.25) is 14.0 Å². The van der Waals surface area contributed by atoms with Gasteiger partial charge in [-0.05, 0) is 59.6 Å². The van der Waals surface area contributed by atoms with Gasteiger partial charge in [-0.2, -0.15) is 0 Å². The number of likely N-dealkylation sites (N-methyl/N-ethyl adjacent to an activating group) is 1. The van der Waals surface area contributed by atoms with Crippen LogP contribution >= 0.6 is 15.9 Å². The number of rotatable bonds is 2. The Balaban J connectivity index is 1.71. The van der Waals surface area contributed by atoms with Crippen LogP contribution in [0.3, 0.4) is 0 Å². The van der Waals surface area contributed by atoms with Gasteiger partial charge in [0.1, 0.15) is 17.1 Å². The number of fused-ring (bicyclic) bond motifs is 2. The van der Waals surface area contributed by atoms with Crippen LogP contribution in [-0.2, 0) is 4.79 Å². The Bertz CT molecular complexity index is 1110. The average molecular weight is 429 g/mol. The number of benzene rings is 1. The van der Waals surface area contributed by atoms with E-state index in [4.69, 9.17) is 4.74 Å². The van der Waals surface area contributed by atoms with Gasteiger partial charge in [0, 0.05) is 23.4 Å². The van der Waals surface area contributed by atoms with Gasteiger partial charge < -0.3 is 15.0 Å². The molecule has 2 aromatic heterocycles. The number of amides is 2. The molecule has 27 heavy (non-hydrogen) atoms. The monoisotopic (exact) mass is 428 g/mol. The number of aromatic nitrogens is 2. The number of ether oxygens (including phenoxy) is 1. The molecule has 0 fully saturated rings. The number of halogens is 1. The van der Waals surface area contributed by atoms with Gasteiger partial charge in [-0.1, -0.05) is 0 Å². The van der Waals surface area contributed by atoms with E-state index in [9.17, 15) is 9.59 Å². The Labute approximate surface area is 164 Å². The molecule has 3 heterocycles. The van der Waals surface area contributed by atoms with Crippen LogP contribution in [-0.4, -0.2) is 34.9 Å². The summed E-state index contributed by atoms with van der Waals surface area (Å²) in [5.74, 6) is 0.202. The topological polar surface area (TPSA) is 75.9 Å². The molecule has 2 amide bonds. The molecule has 1 aliphatic heterocycles. The largest absolute Gasteiger partial charge is 0.482 e. The predicted octanol–water partition coefficient (Wildman–Crippen LogP) is 3.32. The first-order valence-corrected chi connectivity index (χ1v) is 9.14. The standard InChI is InChI=1S/C19H17BrN4O3/c1-10-6-12(20)8-24-17(11(2)21-18(10)24)19(26)22-13-4-5-15-14(7-13)23(3)16(25)9-27-15/h4-8H,9H2,1-3H3,(H,22,26). The zero-order valence-corrected chi connectivity index (χ0v) is 16.6. The first-order valence-electron chi connectivity index (χ1n) is 8.34. The third-order valence-corrected chi connectivity index (χ3v) is 5.00. The number of hydrogen-bond acceptors (Lipinski definition) is 4. The molecule has 0 spiro atoms. The van der Waals surface area contributed by atoms with Crippen molar-refractivity contribution in [2.45, 2.75) is 13.8 Å². The smallest absolute Gasteiger partial charge is 0.274 e. The predicted molar refractivity (Wildman–Crippen MR) is 106 cm³/mol. The molecule has 3 aromatic rings. The normalized spacial score (nSPS) is 13.5. The molecule has 8 heteroatoms. The Morgan fingerprint density at radius 3 is 2.85 bits per heavy atom. The lowest BCUT2D eigenvalue weighted by Crippen LogP contribution is -2.35. The Morgan fingerprint density at radius 1 is 1.30 bits per heavy atom. The second kappa shape index (κ2) is 6.38. The van der Waals surface area contributed by atoms with Crippen molar-refractivity contribution in [3.8, 4) is 5.75 Å². The van der Waals surface area contributed by atoms with Crippen LogP contribution in [0.1, 0.15) is 21.7 Å². The molecule has 0 saturated carbocycles. The van der Waals surface area contributed by atoms with Crippen molar-refractivity contribution in [2.24, 2.45) is 0 Å². The summed E-state index contributed by atoms with van der Waals surface area (Å²) in [7, 11) is 1.68. The van der Waals surface area contributed by atoms with Crippen molar-refractivity contribution in [3.05, 3.63) is 51.9 Å². The van der Waals surface area contributed by atoms with E-state index in [1.165, 1.54) is 4.90 Å². The zero-order chi connectivity index (χ0) is 19.3. The lowest BCUT2D eigenvalue weighted by molar-refractivity contribution is -0.120. The van der Waals surface area contributed by atoms with E-state index in [-0.39, 0.29) is 18.4 Å². The van der Waals surface area contributed by atoms with Crippen LogP contribution in [0.2, 0.25) is 0 Å². The first kappa shape index (κ1) is 17.5. The number of imidazole rings is 1. The van der Waals surface area contributed by atoms with Gasteiger partial charge in [0.2, 0.25) is 0 Å². The molecule has 0 aliphatic carbocycles. The van der Waals surface area contributed by atoms with E-state index in [2.05, 4.69) is 26.2 Å². The maximum absolute atomic E-state index is 12.9. The van der Waals surface area contributed by atoms with Crippen molar-refractivity contribution >= 4 is 44.8 Å². The number of nitrogens with one attached hydrogen (secondary N) is 1. The second-order valence-electron chi connectivity index (χ2n) is 6.46. The molecule has 1 aliphatic rings. The van der Waals surface area contributed by atoms with Gasteiger partial charge in [0.05, 0.1) is 11.4 Å². The van der Waals surface area contributed by atoms with Gasteiger partial charge in [-0.25, -0.2) is 4.98 Å². The lowest BCUT2D eigenvalue weighted by Gasteiger charge is -2.26. The fourth-order valence-corrected chi connectivity index (χ4v) is 3.74. The molecule has 7 nitrogen and oxygen atoms in total. The van der Waals surface area contributed by atoms with Crippen molar-refractivity contribution in [3.63, 3.8) is 0 Å². The van der Waals surface area contributed by atoms with Crippen LogP contribution in [0.4, 0.5) is 11.4 Å². The summed E-state index contributed by atoms with van der Waals surface area (Å²) in [4.78, 5) is 30.8. The van der Waals surface area contributed by atoms with E-state index < -0.39 is 0 Å². The number of carbonyl (C=O) groups is 2. The summed E-state index contributed by atoms with van der Waals surface area (Å²) < 4.78 is 8.06. The van der Waals surface area contributed by atoms with E-state index in [0.29, 0.717) is 28.5 Å². The van der Waals surface area contributed by atoms with Gasteiger partial charge in [0.15, 0.2) is 6.61 Å². The molecule has 0 atom stereocenters. The molecule has 0 unspecified atom stereocenters. The Kier molecular flexibility index (Phi) is 4.15. The molecule has 0 saturated heterocycles. The van der Waals surface area contributed by atoms with Gasteiger partial charge in [-0.15, -0.1) is 0 Å². The van der Waals surface area contributed by atoms with Crippen molar-refractivity contribution in [1.82, 2.24) is 9.38 Å². The zero-order valence-electron chi connectivity index (χ0n) is 15.0. The summed E-state index contributed by atoms with van der Waals surface area (Å²) in [6.45, 7) is 3.78. The summed E-state index contributed by atoms with van der Waals surface area (Å²) in [6.07, 6.45) is 1.82. The summed E-state index contributed by atoms with van der Waals surface area (Å²) in [5, 5.41) is 2.89. The molecule has 0 radical (unpaired) electrons. The fourth-order valence-electron chi connectivity index (χ4n) is 3.20. The molecule has 1 N–H and O–H groups in total. The Morgan fingerprint density at radius 2 is 2.07 bits per heavy atom. The molecule has 4 rings (SSSR count). The van der Waals surface area contributed by atoms with Gasteiger partial charge >= 0.3 is 0 Å². The minimum absolute atomic E-state index is 0.0183. The lowest BCUT2D eigenvalue weighted by atomic mass is 10.2. The van der Waals surface area contributed by atoms with Crippen molar-refractivity contribution in [1.29, 1.82) is 0 Å². The molecule has 138 valence electrons. The third-order valence-electron chi connectivity index (χ3n) is 4.56. The second-order valence-corrected chi connectivity index (χ2v) is 7.37. The van der Waals surface area contributed by atoms with E-state index >= 15 is 0 Å². The number of carbonyl (C=O) groups excluding carboxylic acids is 2. The molecular formula is C19H17BrN4O3. The number of anilines is 2. The minimum Gasteiger partial charge on any atom is -0.482 e. The summed E-state index contributed by atoms with van der Waals surface area (Å²) >= 11 is 3.46. The number of aryl methyl sites for hydroxylation is 2. The highest BCUT2D eigenvalue weighted by Crippen LogP contribution is 2.34. The van der Waals surface area contributed by atoms with Crippen LogP contribution < -0.4 is 15.0 Å². The summed E-state index contributed by atoms with van der Waals surface area (Å²) in [6, 6.07) is 7.18. The maximum atomic E-state index is 12.9.